The number of ether oxygens (including phenoxy) is 6. The quantitative estimate of drug-likeness (QED) is 0.236. The second-order valence-corrected chi connectivity index (χ2v) is 9.19. The van der Waals surface area contributed by atoms with Crippen molar-refractivity contribution in [3.63, 3.8) is 0 Å². The molecule has 1 aliphatic heterocycles. The van der Waals surface area contributed by atoms with E-state index in [1.165, 1.54) is 14.2 Å². The number of hydrogen-bond donors (Lipinski definition) is 0. The van der Waals surface area contributed by atoms with Gasteiger partial charge in [0.25, 0.3) is 0 Å². The van der Waals surface area contributed by atoms with Crippen molar-refractivity contribution in [1.82, 2.24) is 0 Å². The first kappa shape index (κ1) is 28.7. The molecule has 0 aliphatic carbocycles. The maximum absolute atomic E-state index is 11.9. The molecule has 0 radical (unpaired) electrons. The minimum Gasteiger partial charge on any atom is -0.490 e. The average molecular weight is 529 g/mol. The normalized spacial score (nSPS) is 16.5. The van der Waals surface area contributed by atoms with E-state index in [-0.39, 0.29) is 24.4 Å². The summed E-state index contributed by atoms with van der Waals surface area (Å²) in [6.45, 7) is 6.47. The number of nitrogens with zero attached hydrogens (tertiary/aromatic N) is 2. The van der Waals surface area contributed by atoms with E-state index in [2.05, 4.69) is 6.07 Å². The molecule has 0 saturated heterocycles. The number of nitriles is 1. The Kier molecular flexibility index (Phi) is 9.88. The highest BCUT2D eigenvalue weighted by Crippen LogP contribution is 2.51. The van der Waals surface area contributed by atoms with Crippen molar-refractivity contribution in [2.75, 3.05) is 34.0 Å². The molecule has 0 spiro atoms. The number of fused-ring (bicyclic) bond motifs is 1. The summed E-state index contributed by atoms with van der Waals surface area (Å²) in [6, 6.07) is 10.6. The van der Waals surface area contributed by atoms with Crippen LogP contribution in [0.3, 0.4) is 0 Å². The van der Waals surface area contributed by atoms with Crippen LogP contribution in [-0.2, 0) is 5.41 Å². The number of para-hydroxylation sites is 2. The van der Waals surface area contributed by atoms with Crippen molar-refractivity contribution in [3.8, 4) is 40.6 Å². The van der Waals surface area contributed by atoms with E-state index in [1.54, 1.807) is 25.1 Å². The van der Waals surface area contributed by atoms with Gasteiger partial charge in [-0.25, -0.2) is 0 Å². The number of nitro groups is 1. The van der Waals surface area contributed by atoms with Crippen LogP contribution in [0.4, 0.5) is 0 Å². The van der Waals surface area contributed by atoms with Crippen molar-refractivity contribution in [1.29, 1.82) is 5.26 Å². The lowest BCUT2D eigenvalue weighted by atomic mass is 9.78. The van der Waals surface area contributed by atoms with Crippen LogP contribution < -0.4 is 28.4 Å². The monoisotopic (exact) mass is 528 g/mol. The average Bonchev–Trinajstić information content (AvgIpc) is 2.92. The van der Waals surface area contributed by atoms with Gasteiger partial charge in [-0.3, -0.25) is 10.1 Å². The predicted octanol–water partition coefficient (Wildman–Crippen LogP) is 5.33. The Morgan fingerprint density at radius 1 is 1.13 bits per heavy atom. The Hall–Kier alpha value is -3.87. The van der Waals surface area contributed by atoms with Gasteiger partial charge in [-0.05, 0) is 51.8 Å². The summed E-state index contributed by atoms with van der Waals surface area (Å²) < 4.78 is 34.5. The van der Waals surface area contributed by atoms with Crippen molar-refractivity contribution >= 4 is 0 Å². The van der Waals surface area contributed by atoms with Crippen LogP contribution in [0, 0.1) is 21.4 Å². The standard InChI is InChI=1S/C28H36N2O8/c1-6-35-24-16-21(25(36-7-2)27(34-5)26(24)33-4)28(3,18-29)14-10-11-19(30(31)32)15-20-17-37-22-12-8-9-13-23(22)38-20/h8-9,12-13,16,19-20H,6-7,10-11,14-15,17H2,1-5H3. The molecular weight excluding hydrogens is 492 g/mol. The highest BCUT2D eigenvalue weighted by Gasteiger charge is 2.36. The number of methoxy groups -OCH3 is 2. The third-order valence-corrected chi connectivity index (χ3v) is 6.61. The summed E-state index contributed by atoms with van der Waals surface area (Å²) in [5, 5.41) is 22.2. The molecule has 206 valence electrons. The fourth-order valence-electron chi connectivity index (χ4n) is 4.67. The van der Waals surface area contributed by atoms with Gasteiger partial charge in [-0.1, -0.05) is 12.1 Å². The van der Waals surface area contributed by atoms with Crippen LogP contribution in [0.15, 0.2) is 30.3 Å². The van der Waals surface area contributed by atoms with Crippen molar-refractivity contribution in [2.24, 2.45) is 0 Å². The molecule has 0 saturated carbocycles. The largest absolute Gasteiger partial charge is 0.490 e. The van der Waals surface area contributed by atoms with Gasteiger partial charge in [-0.15, -0.1) is 0 Å². The fraction of sp³-hybridized carbons (Fsp3) is 0.536. The molecule has 3 atom stereocenters. The van der Waals surface area contributed by atoms with Crippen molar-refractivity contribution < 1.29 is 33.3 Å². The number of rotatable bonds is 14. The Morgan fingerprint density at radius 3 is 2.42 bits per heavy atom. The van der Waals surface area contributed by atoms with Gasteiger partial charge in [0.05, 0.1) is 45.3 Å². The summed E-state index contributed by atoms with van der Waals surface area (Å²) in [5.74, 6) is 2.78. The predicted molar refractivity (Wildman–Crippen MR) is 140 cm³/mol. The molecule has 0 N–H and O–H groups in total. The molecule has 0 aromatic heterocycles. The molecule has 10 nitrogen and oxygen atoms in total. The Labute approximate surface area is 223 Å². The fourth-order valence-corrected chi connectivity index (χ4v) is 4.67. The topological polar surface area (TPSA) is 122 Å². The van der Waals surface area contributed by atoms with Crippen molar-refractivity contribution in [2.45, 2.75) is 64.0 Å². The van der Waals surface area contributed by atoms with Gasteiger partial charge >= 0.3 is 0 Å². The lowest BCUT2D eigenvalue weighted by Crippen LogP contribution is -2.35. The van der Waals surface area contributed by atoms with E-state index in [4.69, 9.17) is 28.4 Å². The van der Waals surface area contributed by atoms with Crippen LogP contribution in [-0.4, -0.2) is 51.1 Å². The zero-order valence-corrected chi connectivity index (χ0v) is 22.7. The lowest BCUT2D eigenvalue weighted by Gasteiger charge is -2.29. The Balaban J connectivity index is 1.79. The van der Waals surface area contributed by atoms with Gasteiger partial charge in [0.1, 0.15) is 12.7 Å². The second-order valence-electron chi connectivity index (χ2n) is 9.19. The first-order valence-corrected chi connectivity index (χ1v) is 12.8. The maximum Gasteiger partial charge on any atom is 0.216 e. The second kappa shape index (κ2) is 13.1. The van der Waals surface area contributed by atoms with E-state index in [1.807, 2.05) is 26.0 Å². The van der Waals surface area contributed by atoms with Gasteiger partial charge in [-0.2, -0.15) is 5.26 Å². The van der Waals surface area contributed by atoms with E-state index < -0.39 is 17.6 Å². The minimum atomic E-state index is -1.03. The lowest BCUT2D eigenvalue weighted by molar-refractivity contribution is -0.526. The molecule has 0 bridgehead atoms. The van der Waals surface area contributed by atoms with Crippen LogP contribution in [0.5, 0.6) is 34.5 Å². The molecule has 3 unspecified atom stereocenters. The molecular formula is C28H36N2O8. The third kappa shape index (κ3) is 6.33. The summed E-state index contributed by atoms with van der Waals surface area (Å²) >= 11 is 0. The molecule has 10 heteroatoms. The van der Waals surface area contributed by atoms with E-state index in [0.29, 0.717) is 66.1 Å². The molecule has 1 heterocycles. The maximum atomic E-state index is 11.9. The van der Waals surface area contributed by atoms with E-state index in [9.17, 15) is 15.4 Å². The van der Waals surface area contributed by atoms with Gasteiger partial charge in [0.2, 0.25) is 17.5 Å². The van der Waals surface area contributed by atoms with Crippen molar-refractivity contribution in [3.05, 3.63) is 46.0 Å². The minimum absolute atomic E-state index is 0.208. The van der Waals surface area contributed by atoms with Gasteiger partial charge in [0.15, 0.2) is 23.0 Å². The first-order chi connectivity index (χ1) is 18.3. The molecule has 38 heavy (non-hydrogen) atoms. The highest BCUT2D eigenvalue weighted by atomic mass is 16.6. The molecule has 0 fully saturated rings. The zero-order valence-electron chi connectivity index (χ0n) is 22.7. The molecule has 1 aliphatic rings. The smallest absolute Gasteiger partial charge is 0.216 e. The summed E-state index contributed by atoms with van der Waals surface area (Å²) in [5.41, 5.74) is -0.443. The highest BCUT2D eigenvalue weighted by molar-refractivity contribution is 5.65. The van der Waals surface area contributed by atoms with Crippen LogP contribution in [0.25, 0.3) is 0 Å². The zero-order chi connectivity index (χ0) is 27.7. The van der Waals surface area contributed by atoms with Crippen LogP contribution in [0.2, 0.25) is 0 Å². The number of hydrogen-bond acceptors (Lipinski definition) is 9. The molecule has 2 aromatic rings. The Morgan fingerprint density at radius 2 is 1.82 bits per heavy atom. The summed E-state index contributed by atoms with van der Waals surface area (Å²) in [4.78, 5) is 11.6. The molecule has 3 rings (SSSR count). The summed E-state index contributed by atoms with van der Waals surface area (Å²) in [6.07, 6.45) is 0.858. The number of benzene rings is 2. The van der Waals surface area contributed by atoms with Crippen LogP contribution >= 0.6 is 0 Å². The SMILES string of the molecule is CCOc1cc(C(C)(C#N)CCCC(CC2COc3ccccc3O2)[N+](=O)[O-])c(OCC)c(OC)c1OC. The van der Waals surface area contributed by atoms with E-state index >= 15 is 0 Å². The Bertz CT molecular complexity index is 1150. The van der Waals surface area contributed by atoms with Gasteiger partial charge < -0.3 is 28.4 Å². The van der Waals surface area contributed by atoms with Crippen LogP contribution in [0.1, 0.15) is 52.0 Å². The first-order valence-electron chi connectivity index (χ1n) is 12.8. The van der Waals surface area contributed by atoms with E-state index in [0.717, 1.165) is 0 Å². The molecule has 0 amide bonds. The summed E-state index contributed by atoms with van der Waals surface area (Å²) in [7, 11) is 3.01. The molecule has 2 aromatic carbocycles. The third-order valence-electron chi connectivity index (χ3n) is 6.61. The van der Waals surface area contributed by atoms with Gasteiger partial charge in [0, 0.05) is 16.9 Å².